The van der Waals surface area contributed by atoms with Gasteiger partial charge in [0.15, 0.2) is 0 Å². The Morgan fingerprint density at radius 2 is 1.67 bits per heavy atom. The van der Waals surface area contributed by atoms with Gasteiger partial charge in [0, 0.05) is 6.42 Å². The van der Waals surface area contributed by atoms with Gasteiger partial charge in [-0.05, 0) is 49.1 Å². The maximum atomic E-state index is 5.59. The second-order valence-electron chi connectivity index (χ2n) is 4.07. The van der Waals surface area contributed by atoms with Gasteiger partial charge < -0.3 is 15.2 Å². The van der Waals surface area contributed by atoms with Crippen LogP contribution in [0.3, 0.4) is 0 Å². The van der Waals surface area contributed by atoms with Gasteiger partial charge >= 0.3 is 0 Å². The summed E-state index contributed by atoms with van der Waals surface area (Å²) >= 11 is 0. The molecule has 0 amide bonds. The molecule has 0 spiro atoms. The van der Waals surface area contributed by atoms with Crippen LogP contribution in [-0.2, 0) is 12.8 Å². The number of rotatable bonds is 7. The van der Waals surface area contributed by atoms with Gasteiger partial charge in [0.2, 0.25) is 0 Å². The number of benzene rings is 1. The molecule has 0 heterocycles. The first-order valence-electron chi connectivity index (χ1n) is 6.14. The van der Waals surface area contributed by atoms with Crippen molar-refractivity contribution < 1.29 is 9.47 Å². The van der Waals surface area contributed by atoms with E-state index in [0.717, 1.165) is 48.3 Å². The van der Waals surface area contributed by atoms with Crippen LogP contribution in [0, 0.1) is 12.3 Å². The minimum absolute atomic E-state index is 0.593. The molecule has 0 fully saturated rings. The quantitative estimate of drug-likeness (QED) is 0.593. The fourth-order valence-electron chi connectivity index (χ4n) is 1.95. The van der Waals surface area contributed by atoms with E-state index in [2.05, 4.69) is 5.92 Å². The van der Waals surface area contributed by atoms with E-state index in [4.69, 9.17) is 21.6 Å². The molecule has 98 valence electrons. The van der Waals surface area contributed by atoms with Crippen LogP contribution in [0.2, 0.25) is 0 Å². The third kappa shape index (κ3) is 3.68. The first kappa shape index (κ1) is 14.4. The highest BCUT2D eigenvalue weighted by molar-refractivity contribution is 5.46. The van der Waals surface area contributed by atoms with E-state index < -0.39 is 0 Å². The summed E-state index contributed by atoms with van der Waals surface area (Å²) in [5.41, 5.74) is 7.80. The van der Waals surface area contributed by atoms with Crippen LogP contribution in [0.15, 0.2) is 12.1 Å². The van der Waals surface area contributed by atoms with Gasteiger partial charge in [-0.15, -0.1) is 12.3 Å². The zero-order valence-corrected chi connectivity index (χ0v) is 11.2. The molecule has 0 saturated heterocycles. The minimum Gasteiger partial charge on any atom is -0.496 e. The van der Waals surface area contributed by atoms with Gasteiger partial charge in [-0.25, -0.2) is 0 Å². The molecule has 1 aromatic carbocycles. The molecule has 0 bridgehead atoms. The molecule has 1 aromatic rings. The Morgan fingerprint density at radius 1 is 1.11 bits per heavy atom. The zero-order valence-electron chi connectivity index (χ0n) is 11.2. The number of hydrogen-bond donors (Lipinski definition) is 1. The van der Waals surface area contributed by atoms with E-state index in [9.17, 15) is 0 Å². The normalized spacial score (nSPS) is 9.89. The molecule has 3 nitrogen and oxygen atoms in total. The molecule has 0 radical (unpaired) electrons. The van der Waals surface area contributed by atoms with Crippen molar-refractivity contribution in [1.29, 1.82) is 0 Å². The van der Waals surface area contributed by atoms with E-state index in [1.54, 1.807) is 14.2 Å². The van der Waals surface area contributed by atoms with Crippen LogP contribution >= 0.6 is 0 Å². The van der Waals surface area contributed by atoms with Crippen LogP contribution in [0.1, 0.15) is 24.0 Å². The number of ether oxygens (including phenoxy) is 2. The molecule has 0 unspecified atom stereocenters. The van der Waals surface area contributed by atoms with Gasteiger partial charge in [0.1, 0.15) is 11.5 Å². The second kappa shape index (κ2) is 7.62. The largest absolute Gasteiger partial charge is 0.496 e. The minimum atomic E-state index is 0.593. The molecular formula is C15H21NO2. The Bertz CT molecular complexity index is 421. The smallest absolute Gasteiger partial charge is 0.122 e. The third-order valence-electron chi connectivity index (χ3n) is 2.86. The summed E-state index contributed by atoms with van der Waals surface area (Å²) < 4.78 is 10.8. The lowest BCUT2D eigenvalue weighted by molar-refractivity contribution is 0.394. The van der Waals surface area contributed by atoms with Crippen molar-refractivity contribution in [2.75, 3.05) is 20.8 Å². The summed E-state index contributed by atoms with van der Waals surface area (Å²) in [6, 6.07) is 4.04. The van der Waals surface area contributed by atoms with E-state index in [0.29, 0.717) is 6.54 Å². The molecule has 2 N–H and O–H groups in total. The van der Waals surface area contributed by atoms with Crippen LogP contribution in [0.25, 0.3) is 0 Å². The average Bonchev–Trinajstić information content (AvgIpc) is 2.40. The highest BCUT2D eigenvalue weighted by Crippen LogP contribution is 2.30. The first-order chi connectivity index (χ1) is 8.76. The van der Waals surface area contributed by atoms with E-state index in [-0.39, 0.29) is 0 Å². The van der Waals surface area contributed by atoms with Crippen molar-refractivity contribution in [1.82, 2.24) is 0 Å². The van der Waals surface area contributed by atoms with Gasteiger partial charge in [-0.3, -0.25) is 0 Å². The number of aryl methyl sites for hydroxylation is 1. The molecule has 18 heavy (non-hydrogen) atoms. The maximum absolute atomic E-state index is 5.59. The SMILES string of the molecule is C#CCCCc1cc(OC)c(CCN)cc1OC. The second-order valence-corrected chi connectivity index (χ2v) is 4.07. The highest BCUT2D eigenvalue weighted by Gasteiger charge is 2.10. The lowest BCUT2D eigenvalue weighted by Crippen LogP contribution is -2.05. The third-order valence-corrected chi connectivity index (χ3v) is 2.86. The van der Waals surface area contributed by atoms with Gasteiger partial charge in [-0.2, -0.15) is 0 Å². The topological polar surface area (TPSA) is 44.5 Å². The van der Waals surface area contributed by atoms with Crippen molar-refractivity contribution in [3.05, 3.63) is 23.3 Å². The van der Waals surface area contributed by atoms with E-state index >= 15 is 0 Å². The summed E-state index contributed by atoms with van der Waals surface area (Å²) in [6.07, 6.45) is 8.66. The van der Waals surface area contributed by atoms with Crippen LogP contribution in [0.4, 0.5) is 0 Å². The standard InChI is InChI=1S/C15H21NO2/c1-4-5-6-7-12-10-15(18-3)13(8-9-16)11-14(12)17-2/h1,10-11H,5-9,16H2,2-3H3. The molecule has 0 aliphatic heterocycles. The monoisotopic (exact) mass is 247 g/mol. The Morgan fingerprint density at radius 3 is 2.11 bits per heavy atom. The van der Waals surface area contributed by atoms with E-state index in [1.165, 1.54) is 0 Å². The number of methoxy groups -OCH3 is 2. The van der Waals surface area contributed by atoms with Gasteiger partial charge in [-0.1, -0.05) is 0 Å². The maximum Gasteiger partial charge on any atom is 0.122 e. The molecule has 0 saturated carbocycles. The molecule has 0 atom stereocenters. The number of nitrogens with two attached hydrogens (primary N) is 1. The number of unbranched alkanes of at least 4 members (excludes halogenated alkanes) is 1. The van der Waals surface area contributed by atoms with Crippen molar-refractivity contribution in [2.45, 2.75) is 25.7 Å². The molecule has 1 rings (SSSR count). The molecule has 3 heteroatoms. The Kier molecular flexibility index (Phi) is 6.10. The summed E-state index contributed by atoms with van der Waals surface area (Å²) in [7, 11) is 3.35. The molecular weight excluding hydrogens is 226 g/mol. The summed E-state index contributed by atoms with van der Waals surface area (Å²) in [6.45, 7) is 0.593. The predicted octanol–water partition coefficient (Wildman–Crippen LogP) is 2.16. The van der Waals surface area contributed by atoms with Crippen molar-refractivity contribution >= 4 is 0 Å². The summed E-state index contributed by atoms with van der Waals surface area (Å²) in [5.74, 6) is 4.40. The van der Waals surface area contributed by atoms with Crippen LogP contribution < -0.4 is 15.2 Å². The van der Waals surface area contributed by atoms with Crippen molar-refractivity contribution in [3.8, 4) is 23.8 Å². The van der Waals surface area contributed by atoms with Crippen LogP contribution in [0.5, 0.6) is 11.5 Å². The summed E-state index contributed by atoms with van der Waals surface area (Å²) in [5, 5.41) is 0. The van der Waals surface area contributed by atoms with E-state index in [1.807, 2.05) is 12.1 Å². The zero-order chi connectivity index (χ0) is 13.4. The average molecular weight is 247 g/mol. The van der Waals surface area contributed by atoms with Crippen molar-refractivity contribution in [3.63, 3.8) is 0 Å². The Labute approximate surface area is 109 Å². The predicted molar refractivity (Wildman–Crippen MR) is 74.1 cm³/mol. The first-order valence-corrected chi connectivity index (χ1v) is 6.14. The number of terminal acetylenes is 1. The lowest BCUT2D eigenvalue weighted by Gasteiger charge is -2.14. The fourth-order valence-corrected chi connectivity index (χ4v) is 1.95. The summed E-state index contributed by atoms with van der Waals surface area (Å²) in [4.78, 5) is 0. The fraction of sp³-hybridized carbons (Fsp3) is 0.467. The van der Waals surface area contributed by atoms with Gasteiger partial charge in [0.25, 0.3) is 0 Å². The van der Waals surface area contributed by atoms with Gasteiger partial charge in [0.05, 0.1) is 14.2 Å². The number of hydrogen-bond acceptors (Lipinski definition) is 3. The molecule has 0 aliphatic rings. The lowest BCUT2D eigenvalue weighted by atomic mass is 10.0. The Balaban J connectivity index is 2.98. The highest BCUT2D eigenvalue weighted by atomic mass is 16.5. The molecule has 0 aromatic heterocycles. The molecule has 0 aliphatic carbocycles. The Hall–Kier alpha value is -1.66. The van der Waals surface area contributed by atoms with Crippen LogP contribution in [-0.4, -0.2) is 20.8 Å². The van der Waals surface area contributed by atoms with Crippen molar-refractivity contribution in [2.24, 2.45) is 5.73 Å².